The maximum Gasteiger partial charge on any atom is 0.118 e. The van der Waals surface area contributed by atoms with Crippen molar-refractivity contribution in [1.29, 1.82) is 0 Å². The molecule has 1 aliphatic rings. The van der Waals surface area contributed by atoms with Crippen molar-refractivity contribution >= 4 is 0 Å². The number of allylic oxidation sites excluding steroid dienone is 1. The molecule has 0 aliphatic heterocycles. The van der Waals surface area contributed by atoms with E-state index in [9.17, 15) is 0 Å². The van der Waals surface area contributed by atoms with Gasteiger partial charge in [0.15, 0.2) is 0 Å². The van der Waals surface area contributed by atoms with Gasteiger partial charge in [-0.15, -0.1) is 0 Å². The Bertz CT molecular complexity index is 284. The molecule has 0 bridgehead atoms. The number of aliphatic hydroxyl groups excluding tert-OH is 1. The minimum Gasteiger partial charge on any atom is -0.396 e. The van der Waals surface area contributed by atoms with Gasteiger partial charge in [-0.25, -0.2) is 0 Å². The lowest BCUT2D eigenvalue weighted by atomic mass is 9.75. The fourth-order valence-corrected chi connectivity index (χ4v) is 1.69. The molecule has 0 aromatic carbocycles. The van der Waals surface area contributed by atoms with Crippen LogP contribution in [0.5, 0.6) is 0 Å². The smallest absolute Gasteiger partial charge is 0.118 e. The molecule has 1 unspecified atom stereocenters. The van der Waals surface area contributed by atoms with E-state index in [-0.39, 0.29) is 6.61 Å². The number of nitrogens with one attached hydrogen (secondary N) is 1. The zero-order valence-electron chi connectivity index (χ0n) is 9.33. The number of hydrogen-bond donors (Lipinski definition) is 3. The molecule has 3 nitrogen and oxygen atoms in total. The Labute approximate surface area is 91.1 Å². The van der Waals surface area contributed by atoms with Crippen molar-refractivity contribution in [2.45, 2.75) is 32.2 Å². The largest absolute Gasteiger partial charge is 0.396 e. The molecule has 0 amide bonds. The SMILES string of the molecule is C/C=C\C(C)(C#CC1CC(CO)C1)NO. The van der Waals surface area contributed by atoms with Crippen molar-refractivity contribution in [1.82, 2.24) is 5.48 Å². The van der Waals surface area contributed by atoms with E-state index in [1.807, 2.05) is 26.0 Å². The Hall–Kier alpha value is -0.820. The van der Waals surface area contributed by atoms with Gasteiger partial charge in [0, 0.05) is 12.5 Å². The molecule has 3 N–H and O–H groups in total. The zero-order chi connectivity index (χ0) is 11.3. The molecule has 1 saturated carbocycles. The highest BCUT2D eigenvalue weighted by atomic mass is 16.5. The molecule has 0 spiro atoms. The summed E-state index contributed by atoms with van der Waals surface area (Å²) < 4.78 is 0. The van der Waals surface area contributed by atoms with Crippen LogP contribution in [-0.2, 0) is 0 Å². The van der Waals surface area contributed by atoms with Gasteiger partial charge in [0.25, 0.3) is 0 Å². The maximum atomic E-state index is 8.97. The van der Waals surface area contributed by atoms with Gasteiger partial charge in [0.2, 0.25) is 0 Å². The van der Waals surface area contributed by atoms with Gasteiger partial charge in [-0.05, 0) is 32.6 Å². The van der Waals surface area contributed by atoms with Crippen LogP contribution in [0, 0.1) is 23.7 Å². The summed E-state index contributed by atoms with van der Waals surface area (Å²) >= 11 is 0. The van der Waals surface area contributed by atoms with Gasteiger partial charge in [0.1, 0.15) is 5.54 Å². The molecule has 3 heteroatoms. The summed E-state index contributed by atoms with van der Waals surface area (Å²) in [6.07, 6.45) is 5.62. The van der Waals surface area contributed by atoms with Gasteiger partial charge in [-0.3, -0.25) is 0 Å². The Kier molecular flexibility index (Phi) is 4.34. The van der Waals surface area contributed by atoms with E-state index in [1.54, 1.807) is 0 Å². The van der Waals surface area contributed by atoms with Crippen molar-refractivity contribution < 1.29 is 10.3 Å². The third kappa shape index (κ3) is 3.35. The van der Waals surface area contributed by atoms with Gasteiger partial charge in [-0.2, -0.15) is 5.48 Å². The lowest BCUT2D eigenvalue weighted by Crippen LogP contribution is -2.37. The van der Waals surface area contributed by atoms with Gasteiger partial charge in [-0.1, -0.05) is 24.0 Å². The van der Waals surface area contributed by atoms with E-state index in [4.69, 9.17) is 10.3 Å². The van der Waals surface area contributed by atoms with E-state index < -0.39 is 5.54 Å². The van der Waals surface area contributed by atoms with E-state index in [2.05, 4.69) is 17.3 Å². The summed E-state index contributed by atoms with van der Waals surface area (Å²) in [5, 5.41) is 17.8. The molecule has 1 fully saturated rings. The van der Waals surface area contributed by atoms with Crippen LogP contribution in [0.2, 0.25) is 0 Å². The first kappa shape index (κ1) is 12.3. The Morgan fingerprint density at radius 2 is 2.20 bits per heavy atom. The van der Waals surface area contributed by atoms with Gasteiger partial charge in [0.05, 0.1) is 0 Å². The fraction of sp³-hybridized carbons (Fsp3) is 0.667. The van der Waals surface area contributed by atoms with E-state index >= 15 is 0 Å². The normalized spacial score (nSPS) is 29.1. The second-order valence-corrected chi connectivity index (χ2v) is 4.30. The van der Waals surface area contributed by atoms with Crippen LogP contribution < -0.4 is 5.48 Å². The third-order valence-corrected chi connectivity index (χ3v) is 2.76. The minimum atomic E-state index is -0.654. The van der Waals surface area contributed by atoms with Crippen LogP contribution in [0.25, 0.3) is 0 Å². The Morgan fingerprint density at radius 1 is 1.53 bits per heavy atom. The molecule has 1 atom stereocenters. The monoisotopic (exact) mass is 209 g/mol. The Morgan fingerprint density at radius 3 is 2.67 bits per heavy atom. The highest BCUT2D eigenvalue weighted by Crippen LogP contribution is 2.32. The minimum absolute atomic E-state index is 0.266. The molecular weight excluding hydrogens is 190 g/mol. The van der Waals surface area contributed by atoms with Crippen LogP contribution in [0.4, 0.5) is 0 Å². The highest BCUT2D eigenvalue weighted by Gasteiger charge is 2.27. The first-order chi connectivity index (χ1) is 7.13. The topological polar surface area (TPSA) is 52.5 Å². The summed E-state index contributed by atoms with van der Waals surface area (Å²) in [6.45, 7) is 3.98. The van der Waals surface area contributed by atoms with Crippen molar-refractivity contribution in [3.63, 3.8) is 0 Å². The summed E-state index contributed by atoms with van der Waals surface area (Å²) in [6, 6.07) is 0. The first-order valence-corrected chi connectivity index (χ1v) is 5.32. The van der Waals surface area contributed by atoms with Crippen molar-refractivity contribution in [2.24, 2.45) is 11.8 Å². The van der Waals surface area contributed by atoms with Crippen LogP contribution in [0.3, 0.4) is 0 Å². The zero-order valence-corrected chi connectivity index (χ0v) is 9.33. The van der Waals surface area contributed by atoms with Crippen LogP contribution in [0.15, 0.2) is 12.2 Å². The average molecular weight is 209 g/mol. The molecule has 0 radical (unpaired) electrons. The van der Waals surface area contributed by atoms with Crippen molar-refractivity contribution in [2.75, 3.05) is 6.61 Å². The molecule has 0 heterocycles. The van der Waals surface area contributed by atoms with E-state index in [0.29, 0.717) is 11.8 Å². The van der Waals surface area contributed by atoms with Crippen LogP contribution in [-0.4, -0.2) is 22.5 Å². The molecule has 0 aromatic rings. The summed E-state index contributed by atoms with van der Waals surface area (Å²) in [5.41, 5.74) is 1.54. The molecule has 1 rings (SSSR count). The molecular formula is C12H19NO2. The third-order valence-electron chi connectivity index (χ3n) is 2.76. The van der Waals surface area contributed by atoms with E-state index in [0.717, 1.165) is 12.8 Å². The number of rotatable bonds is 3. The molecule has 1 aliphatic carbocycles. The molecule has 0 saturated heterocycles. The lowest BCUT2D eigenvalue weighted by molar-refractivity contribution is 0.122. The molecule has 15 heavy (non-hydrogen) atoms. The fourth-order valence-electron chi connectivity index (χ4n) is 1.69. The number of hydrogen-bond acceptors (Lipinski definition) is 3. The standard InChI is InChI=1S/C12H19NO2/c1-3-5-12(2,13-15)6-4-10-7-11(8-10)9-14/h3,5,10-11,13-15H,7-9H2,1-2H3/b5-3-. The molecule has 0 aromatic heterocycles. The van der Waals surface area contributed by atoms with Gasteiger partial charge >= 0.3 is 0 Å². The second kappa shape index (κ2) is 5.32. The predicted molar refractivity (Wildman–Crippen MR) is 59.2 cm³/mol. The maximum absolute atomic E-state index is 8.97. The Balaban J connectivity index is 2.49. The first-order valence-electron chi connectivity index (χ1n) is 5.32. The van der Waals surface area contributed by atoms with Crippen LogP contribution >= 0.6 is 0 Å². The van der Waals surface area contributed by atoms with Crippen LogP contribution in [0.1, 0.15) is 26.7 Å². The quantitative estimate of drug-likeness (QED) is 0.373. The van der Waals surface area contributed by atoms with Crippen molar-refractivity contribution in [3.05, 3.63) is 12.2 Å². The van der Waals surface area contributed by atoms with Gasteiger partial charge < -0.3 is 10.3 Å². The lowest BCUT2D eigenvalue weighted by Gasteiger charge is -2.30. The highest BCUT2D eigenvalue weighted by molar-refractivity contribution is 5.25. The summed E-state index contributed by atoms with van der Waals surface area (Å²) in [7, 11) is 0. The van der Waals surface area contributed by atoms with Crippen molar-refractivity contribution in [3.8, 4) is 11.8 Å². The number of hydroxylamine groups is 1. The molecule has 84 valence electrons. The predicted octanol–water partition coefficient (Wildman–Crippen LogP) is 1.32. The second-order valence-electron chi connectivity index (χ2n) is 4.30. The summed E-state index contributed by atoms with van der Waals surface area (Å²) in [5.74, 6) is 6.94. The average Bonchev–Trinajstić information content (AvgIpc) is 2.16. The number of aliphatic hydroxyl groups is 1. The van der Waals surface area contributed by atoms with E-state index in [1.165, 1.54) is 0 Å². The summed E-state index contributed by atoms with van der Waals surface area (Å²) in [4.78, 5) is 0.